The maximum Gasteiger partial charge on any atom is 0.137 e. The van der Waals surface area contributed by atoms with Crippen LogP contribution in [0.5, 0.6) is 0 Å². The predicted octanol–water partition coefficient (Wildman–Crippen LogP) is 3.23. The van der Waals surface area contributed by atoms with Crippen molar-refractivity contribution in [3.05, 3.63) is 30.6 Å². The van der Waals surface area contributed by atoms with E-state index in [1.54, 1.807) is 6.33 Å². The Hall–Kier alpha value is -1.64. The first-order valence-corrected chi connectivity index (χ1v) is 5.85. The van der Waals surface area contributed by atoms with E-state index in [1.807, 2.05) is 18.2 Å². The van der Waals surface area contributed by atoms with Crippen molar-refractivity contribution >= 4 is 16.7 Å². The van der Waals surface area contributed by atoms with Crippen molar-refractivity contribution in [2.75, 3.05) is 11.9 Å². The van der Waals surface area contributed by atoms with Crippen LogP contribution in [-0.2, 0) is 0 Å². The van der Waals surface area contributed by atoms with E-state index in [1.165, 1.54) is 19.3 Å². The highest BCUT2D eigenvalue weighted by Gasteiger charge is 2.00. The monoisotopic (exact) mass is 215 g/mol. The van der Waals surface area contributed by atoms with E-state index in [2.05, 4.69) is 28.3 Å². The fraction of sp³-hybridized carbons (Fsp3) is 0.385. The topological polar surface area (TPSA) is 37.8 Å². The lowest BCUT2D eigenvalue weighted by atomic mass is 10.2. The first kappa shape index (κ1) is 10.9. The first-order chi connectivity index (χ1) is 7.92. The van der Waals surface area contributed by atoms with Crippen molar-refractivity contribution in [2.45, 2.75) is 26.2 Å². The molecule has 1 heterocycles. The summed E-state index contributed by atoms with van der Waals surface area (Å²) in [6, 6.07) is 8.07. The number of aromatic nitrogens is 2. The number of nitrogens with one attached hydrogen (secondary N) is 1. The van der Waals surface area contributed by atoms with Crippen molar-refractivity contribution < 1.29 is 0 Å². The third-order valence-electron chi connectivity index (χ3n) is 2.62. The number of rotatable bonds is 5. The van der Waals surface area contributed by atoms with Crippen molar-refractivity contribution in [2.24, 2.45) is 0 Å². The van der Waals surface area contributed by atoms with Gasteiger partial charge < -0.3 is 5.32 Å². The summed E-state index contributed by atoms with van der Waals surface area (Å²) in [4.78, 5) is 8.52. The number of fused-ring (bicyclic) bond motifs is 1. The van der Waals surface area contributed by atoms with Crippen LogP contribution in [0.15, 0.2) is 30.6 Å². The average Bonchev–Trinajstić information content (AvgIpc) is 2.35. The fourth-order valence-corrected chi connectivity index (χ4v) is 1.73. The SMILES string of the molecule is CCCCCNc1ncnc2ccccc12. The lowest BCUT2D eigenvalue weighted by Crippen LogP contribution is -2.04. The molecule has 0 atom stereocenters. The minimum atomic E-state index is 0.946. The highest BCUT2D eigenvalue weighted by atomic mass is 15.0. The second kappa shape index (κ2) is 5.45. The van der Waals surface area contributed by atoms with Gasteiger partial charge in [0, 0.05) is 11.9 Å². The Bertz CT molecular complexity index is 448. The number of nitrogens with zero attached hydrogens (tertiary/aromatic N) is 2. The van der Waals surface area contributed by atoms with Crippen molar-refractivity contribution in [3.8, 4) is 0 Å². The molecule has 2 rings (SSSR count). The molecule has 0 bridgehead atoms. The molecule has 0 saturated heterocycles. The third kappa shape index (κ3) is 2.48. The molecule has 0 spiro atoms. The van der Waals surface area contributed by atoms with Crippen LogP contribution in [0, 0.1) is 0 Å². The van der Waals surface area contributed by atoms with E-state index >= 15 is 0 Å². The molecule has 1 aromatic heterocycles. The van der Waals surface area contributed by atoms with E-state index in [-0.39, 0.29) is 0 Å². The standard InChI is InChI=1S/C13H17N3/c1-2-3-6-9-14-13-11-7-4-5-8-12(11)15-10-16-13/h4-5,7-8,10H,2-3,6,9H2,1H3,(H,14,15,16). The molecule has 3 heteroatoms. The minimum Gasteiger partial charge on any atom is -0.369 e. The number of unbranched alkanes of at least 4 members (excludes halogenated alkanes) is 2. The van der Waals surface area contributed by atoms with E-state index in [4.69, 9.17) is 0 Å². The van der Waals surface area contributed by atoms with Gasteiger partial charge in [-0.15, -0.1) is 0 Å². The zero-order chi connectivity index (χ0) is 11.2. The lowest BCUT2D eigenvalue weighted by Gasteiger charge is -2.07. The molecule has 1 aromatic carbocycles. The van der Waals surface area contributed by atoms with Gasteiger partial charge in [0.15, 0.2) is 0 Å². The number of benzene rings is 1. The molecular formula is C13H17N3. The Kier molecular flexibility index (Phi) is 3.70. The second-order valence-corrected chi connectivity index (χ2v) is 3.87. The molecule has 84 valence electrons. The second-order valence-electron chi connectivity index (χ2n) is 3.87. The number of para-hydroxylation sites is 1. The van der Waals surface area contributed by atoms with Crippen LogP contribution in [0.2, 0.25) is 0 Å². The Morgan fingerprint density at radius 3 is 2.88 bits per heavy atom. The molecule has 0 aliphatic carbocycles. The summed E-state index contributed by atoms with van der Waals surface area (Å²) in [5, 5.41) is 4.47. The van der Waals surface area contributed by atoms with Gasteiger partial charge in [-0.25, -0.2) is 9.97 Å². The molecule has 0 amide bonds. The van der Waals surface area contributed by atoms with Gasteiger partial charge in [0.25, 0.3) is 0 Å². The van der Waals surface area contributed by atoms with Gasteiger partial charge in [-0.3, -0.25) is 0 Å². The maximum atomic E-state index is 4.28. The Morgan fingerprint density at radius 2 is 2.00 bits per heavy atom. The van der Waals surface area contributed by atoms with Gasteiger partial charge in [-0.1, -0.05) is 31.9 Å². The van der Waals surface area contributed by atoms with Gasteiger partial charge in [-0.05, 0) is 18.6 Å². The maximum absolute atomic E-state index is 4.28. The molecular weight excluding hydrogens is 198 g/mol. The van der Waals surface area contributed by atoms with Crippen molar-refractivity contribution in [1.29, 1.82) is 0 Å². The number of hydrogen-bond donors (Lipinski definition) is 1. The quantitative estimate of drug-likeness (QED) is 0.778. The smallest absolute Gasteiger partial charge is 0.137 e. The fourth-order valence-electron chi connectivity index (χ4n) is 1.73. The van der Waals surface area contributed by atoms with Gasteiger partial charge in [0.05, 0.1) is 5.52 Å². The molecule has 1 N–H and O–H groups in total. The minimum absolute atomic E-state index is 0.946. The lowest BCUT2D eigenvalue weighted by molar-refractivity contribution is 0.742. The summed E-state index contributed by atoms with van der Waals surface area (Å²) in [6.45, 7) is 3.19. The van der Waals surface area contributed by atoms with Gasteiger partial charge in [0.2, 0.25) is 0 Å². The van der Waals surface area contributed by atoms with Crippen LogP contribution in [0.4, 0.5) is 5.82 Å². The van der Waals surface area contributed by atoms with Crippen LogP contribution < -0.4 is 5.32 Å². The van der Waals surface area contributed by atoms with Gasteiger partial charge in [0.1, 0.15) is 12.1 Å². The Balaban J connectivity index is 2.11. The summed E-state index contributed by atoms with van der Waals surface area (Å²) >= 11 is 0. The highest BCUT2D eigenvalue weighted by Crippen LogP contribution is 2.18. The summed E-state index contributed by atoms with van der Waals surface area (Å²) in [5.41, 5.74) is 0.996. The summed E-state index contributed by atoms with van der Waals surface area (Å²) < 4.78 is 0. The normalized spacial score (nSPS) is 10.6. The van der Waals surface area contributed by atoms with E-state index in [0.717, 1.165) is 23.3 Å². The Morgan fingerprint density at radius 1 is 1.12 bits per heavy atom. The number of anilines is 1. The van der Waals surface area contributed by atoms with Crippen LogP contribution in [0.3, 0.4) is 0 Å². The summed E-state index contributed by atoms with van der Waals surface area (Å²) in [5.74, 6) is 0.946. The number of hydrogen-bond acceptors (Lipinski definition) is 3. The molecule has 0 fully saturated rings. The Labute approximate surface area is 95.9 Å². The molecule has 0 aliphatic rings. The molecule has 0 unspecified atom stereocenters. The molecule has 0 aliphatic heterocycles. The van der Waals surface area contributed by atoms with Crippen LogP contribution >= 0.6 is 0 Å². The molecule has 0 radical (unpaired) electrons. The summed E-state index contributed by atoms with van der Waals surface area (Å²) in [7, 11) is 0. The van der Waals surface area contributed by atoms with Gasteiger partial charge >= 0.3 is 0 Å². The van der Waals surface area contributed by atoms with E-state index < -0.39 is 0 Å². The molecule has 3 nitrogen and oxygen atoms in total. The summed E-state index contributed by atoms with van der Waals surface area (Å²) in [6.07, 6.45) is 5.31. The third-order valence-corrected chi connectivity index (χ3v) is 2.62. The zero-order valence-corrected chi connectivity index (χ0v) is 9.61. The van der Waals surface area contributed by atoms with Crippen LogP contribution in [0.25, 0.3) is 10.9 Å². The van der Waals surface area contributed by atoms with E-state index in [0.29, 0.717) is 0 Å². The van der Waals surface area contributed by atoms with Crippen molar-refractivity contribution in [3.63, 3.8) is 0 Å². The van der Waals surface area contributed by atoms with E-state index in [9.17, 15) is 0 Å². The zero-order valence-electron chi connectivity index (χ0n) is 9.61. The van der Waals surface area contributed by atoms with Crippen LogP contribution in [0.1, 0.15) is 26.2 Å². The van der Waals surface area contributed by atoms with Gasteiger partial charge in [-0.2, -0.15) is 0 Å². The van der Waals surface area contributed by atoms with Crippen molar-refractivity contribution in [1.82, 2.24) is 9.97 Å². The molecule has 2 aromatic rings. The largest absolute Gasteiger partial charge is 0.369 e. The first-order valence-electron chi connectivity index (χ1n) is 5.85. The molecule has 0 saturated carbocycles. The average molecular weight is 215 g/mol. The molecule has 16 heavy (non-hydrogen) atoms. The highest BCUT2D eigenvalue weighted by molar-refractivity contribution is 5.88. The van der Waals surface area contributed by atoms with Crippen LogP contribution in [-0.4, -0.2) is 16.5 Å². The predicted molar refractivity (Wildman–Crippen MR) is 67.6 cm³/mol.